The minimum absolute atomic E-state index is 0.0412. The number of ether oxygens (including phenoxy) is 4. The molecule has 324 valence electrons. The number of amides is 1. The van der Waals surface area contributed by atoms with E-state index in [0.29, 0.717) is 18.8 Å². The minimum Gasteiger partial charge on any atom is -0.507 e. The summed E-state index contributed by atoms with van der Waals surface area (Å²) in [6, 6.07) is 0. The molecule has 4 aliphatic heterocycles. The molecule has 1 saturated heterocycles. The lowest BCUT2D eigenvalue weighted by Gasteiger charge is -2.49. The Kier molecular flexibility index (Phi) is 11.7. The molecule has 11 atom stereocenters. The van der Waals surface area contributed by atoms with Crippen molar-refractivity contribution in [2.45, 2.75) is 111 Å². The summed E-state index contributed by atoms with van der Waals surface area (Å²) in [6.45, 7) is 14.3. The van der Waals surface area contributed by atoms with Gasteiger partial charge in [0.05, 0.1) is 41.2 Å². The van der Waals surface area contributed by atoms with Crippen LogP contribution in [0.2, 0.25) is 0 Å². The highest BCUT2D eigenvalue weighted by Gasteiger charge is 2.54. The van der Waals surface area contributed by atoms with Gasteiger partial charge in [-0.15, -0.1) is 0 Å². The van der Waals surface area contributed by atoms with E-state index in [1.165, 1.54) is 27.2 Å². The minimum atomic E-state index is -1.95. The van der Waals surface area contributed by atoms with Gasteiger partial charge in [0, 0.05) is 86.1 Å². The van der Waals surface area contributed by atoms with Crippen LogP contribution in [0.25, 0.3) is 10.8 Å². The molecule has 6 bridgehead atoms. The Balaban J connectivity index is 1.44. The summed E-state index contributed by atoms with van der Waals surface area (Å²) in [5.74, 6) is -6.89. The lowest BCUT2D eigenvalue weighted by atomic mass is 9.69. The number of carbonyl (C=O) groups is 3. The predicted octanol–water partition coefficient (Wildman–Crippen LogP) is 4.02. The van der Waals surface area contributed by atoms with Crippen molar-refractivity contribution in [3.8, 4) is 17.2 Å². The monoisotopic (exact) mass is 830 g/mol. The third-order valence-electron chi connectivity index (χ3n) is 13.7. The maximum absolute atomic E-state index is 14.8. The summed E-state index contributed by atoms with van der Waals surface area (Å²) in [5.41, 5.74) is -0.0394. The molecule has 6 N–H and O–H groups in total. The second kappa shape index (κ2) is 16.2. The van der Waals surface area contributed by atoms with Crippen molar-refractivity contribution in [3.05, 3.63) is 58.0 Å². The molecule has 15 heteroatoms. The van der Waals surface area contributed by atoms with Gasteiger partial charge in [-0.1, -0.05) is 52.3 Å². The summed E-state index contributed by atoms with van der Waals surface area (Å²) in [6.07, 6.45) is 6.69. The SMILES string of the molecule is CO[C@H]1/C=C/O[C@@]2(C)Oc3c(C)c(O)c4c(O)c(c5c(c4c3C2=O)NC2(N=5)C3CCCC2CNC3)=NC(=O)/C(C)=C\C=C\[C@H](C)[C@H](O)[C@@H](C)[C@@H](O)[C@@H](C)[C@H](OC(C)=O)[C@@H]1C. The van der Waals surface area contributed by atoms with E-state index in [4.69, 9.17) is 23.9 Å². The average molecular weight is 831 g/mol. The molecular formula is C45H58N4O11. The molecular weight excluding hydrogens is 773 g/mol. The zero-order valence-electron chi connectivity index (χ0n) is 35.7. The molecule has 60 heavy (non-hydrogen) atoms. The number of piperidine rings is 1. The Morgan fingerprint density at radius 1 is 0.933 bits per heavy atom. The number of hydrogen-bond acceptors (Lipinski definition) is 14. The van der Waals surface area contributed by atoms with Gasteiger partial charge in [-0.25, -0.2) is 4.99 Å². The van der Waals surface area contributed by atoms with Crippen LogP contribution in [0.5, 0.6) is 17.2 Å². The van der Waals surface area contributed by atoms with Crippen LogP contribution in [0.3, 0.4) is 0 Å². The fourth-order valence-electron chi connectivity index (χ4n) is 10.0. The van der Waals surface area contributed by atoms with Gasteiger partial charge in [0.15, 0.2) is 5.75 Å². The maximum Gasteiger partial charge on any atom is 0.312 e. The quantitative estimate of drug-likeness (QED) is 0.187. The number of hydrogen-bond donors (Lipinski definition) is 6. The number of fused-ring (bicyclic) bond motifs is 1. The highest BCUT2D eigenvalue weighted by molar-refractivity contribution is 6.21. The first-order chi connectivity index (χ1) is 28.4. The number of aromatic hydroxyl groups is 2. The molecule has 15 nitrogen and oxygen atoms in total. The van der Waals surface area contributed by atoms with Crippen molar-refractivity contribution in [1.29, 1.82) is 0 Å². The zero-order chi connectivity index (χ0) is 43.6. The molecule has 1 spiro atoms. The van der Waals surface area contributed by atoms with E-state index in [0.717, 1.165) is 19.3 Å². The molecule has 1 amide bonds. The number of ketones is 1. The maximum atomic E-state index is 14.8. The number of nitrogens with one attached hydrogen (secondary N) is 2. The van der Waals surface area contributed by atoms with Crippen molar-refractivity contribution in [2.75, 3.05) is 25.5 Å². The van der Waals surface area contributed by atoms with E-state index >= 15 is 0 Å². The number of benzene rings is 2. The number of aliphatic hydroxyl groups is 2. The van der Waals surface area contributed by atoms with Crippen LogP contribution in [0.4, 0.5) is 5.69 Å². The molecule has 1 saturated carbocycles. The first kappa shape index (κ1) is 43.3. The Morgan fingerprint density at radius 3 is 2.27 bits per heavy atom. The largest absolute Gasteiger partial charge is 0.507 e. The zero-order valence-corrected chi connectivity index (χ0v) is 35.7. The van der Waals surface area contributed by atoms with Crippen molar-refractivity contribution in [2.24, 2.45) is 45.5 Å². The van der Waals surface area contributed by atoms with Gasteiger partial charge in [-0.2, -0.15) is 0 Å². The number of phenolic OH excluding ortho intramolecular Hbond substituents is 2. The van der Waals surface area contributed by atoms with E-state index < -0.39 is 82.9 Å². The number of nitrogens with zero attached hydrogens (tertiary/aromatic N) is 2. The third kappa shape index (κ3) is 7.06. The number of phenols is 2. The molecule has 7 rings (SSSR count). The topological polar surface area (TPSA) is 218 Å². The second-order valence-electron chi connectivity index (χ2n) is 17.6. The van der Waals surface area contributed by atoms with Crippen LogP contribution in [-0.4, -0.2) is 94.2 Å². The van der Waals surface area contributed by atoms with Gasteiger partial charge in [0.1, 0.15) is 34.0 Å². The summed E-state index contributed by atoms with van der Waals surface area (Å²) in [4.78, 5) is 50.8. The van der Waals surface area contributed by atoms with Gasteiger partial charge in [0.25, 0.3) is 11.7 Å². The van der Waals surface area contributed by atoms with Crippen LogP contribution in [0.1, 0.15) is 83.7 Å². The Labute approximate surface area is 349 Å². The van der Waals surface area contributed by atoms with Gasteiger partial charge in [0.2, 0.25) is 0 Å². The van der Waals surface area contributed by atoms with Gasteiger partial charge < -0.3 is 50.0 Å². The van der Waals surface area contributed by atoms with Gasteiger partial charge >= 0.3 is 11.8 Å². The first-order valence-electron chi connectivity index (χ1n) is 20.9. The second-order valence-corrected chi connectivity index (χ2v) is 17.6. The van der Waals surface area contributed by atoms with E-state index in [2.05, 4.69) is 15.6 Å². The van der Waals surface area contributed by atoms with Gasteiger partial charge in [-0.05, 0) is 32.8 Å². The van der Waals surface area contributed by atoms with Crippen LogP contribution < -0.4 is 26.1 Å². The summed E-state index contributed by atoms with van der Waals surface area (Å²) >= 11 is 0. The first-order valence-corrected chi connectivity index (χ1v) is 20.9. The number of esters is 1. The number of Topliss-reactive ketones (excluding diaryl/α,β-unsaturated/α-hetero) is 1. The average Bonchev–Trinajstić information content (AvgIpc) is 3.71. The van der Waals surface area contributed by atoms with Crippen LogP contribution in [0.15, 0.2) is 46.1 Å². The number of carbonyl (C=O) groups excluding carboxylic acids is 3. The van der Waals surface area contributed by atoms with Gasteiger partial charge in [-0.3, -0.25) is 19.4 Å². The van der Waals surface area contributed by atoms with E-state index in [1.54, 1.807) is 65.8 Å². The van der Waals surface area contributed by atoms with Crippen molar-refractivity contribution >= 4 is 34.1 Å². The highest BCUT2D eigenvalue weighted by Crippen LogP contribution is 2.53. The lowest BCUT2D eigenvalue weighted by molar-refractivity contribution is -0.160. The Morgan fingerprint density at radius 2 is 1.62 bits per heavy atom. The smallest absolute Gasteiger partial charge is 0.312 e. The molecule has 4 heterocycles. The fraction of sp³-hybridized carbons (Fsp3) is 0.578. The lowest BCUT2D eigenvalue weighted by Crippen LogP contribution is -2.61. The normalized spacial score (nSPS) is 37.5. The van der Waals surface area contributed by atoms with Crippen molar-refractivity contribution in [3.63, 3.8) is 0 Å². The number of methoxy groups -OCH3 is 1. The highest BCUT2D eigenvalue weighted by atomic mass is 16.7. The number of anilines is 1. The molecule has 2 fully saturated rings. The van der Waals surface area contributed by atoms with Crippen molar-refractivity contribution in [1.82, 2.24) is 5.32 Å². The molecule has 2 aromatic rings. The Hall–Kier alpha value is -4.83. The summed E-state index contributed by atoms with van der Waals surface area (Å²) < 4.78 is 24.0. The molecule has 0 aromatic heterocycles. The van der Waals surface area contributed by atoms with E-state index in [1.807, 2.05) is 0 Å². The summed E-state index contributed by atoms with van der Waals surface area (Å²) in [5, 5.41) is 54.3. The van der Waals surface area contributed by atoms with E-state index in [-0.39, 0.29) is 61.5 Å². The fourth-order valence-corrected chi connectivity index (χ4v) is 10.0. The van der Waals surface area contributed by atoms with Crippen LogP contribution >= 0.6 is 0 Å². The number of allylic oxidation sites excluding steroid dienone is 2. The molecule has 2 aromatic carbocycles. The Bertz CT molecular complexity index is 2300. The number of aliphatic hydroxyl groups excluding tert-OH is 2. The molecule has 2 unspecified atom stereocenters. The molecule has 5 aliphatic rings. The van der Waals surface area contributed by atoms with Crippen molar-refractivity contribution < 1.29 is 53.8 Å². The van der Waals surface area contributed by atoms with Crippen LogP contribution in [-0.2, 0) is 23.8 Å². The standard InChI is InChI=1S/C45H58N4O11/c1-20-12-10-13-21(2)43(56)47-35-34-33(48-45(49-34)27-14-11-15-28(45)19-46-18-27)30-31(39(35)54)38(53)25(6)41-32(30)42(55)44(8,60-41)58-17-16-29(57-9)22(3)40(59-26(7)50)24(5)37(52)23(4)36(20)51/h10,12-13,16-17,20,22-24,27-29,36-37,40,46,48,51-54H,11,14-15,18-19H2,1-9H3/b12-10+,17-16+,21-13-,47-35?/t20-,22+,23+,24+,27?,28?,29-,36-,37+,40+,44-,45?/m0/s1. The molecule has 1 aliphatic carbocycles. The van der Waals surface area contributed by atoms with Crippen LogP contribution in [0, 0.1) is 42.4 Å². The third-order valence-corrected chi connectivity index (χ3v) is 13.7. The summed E-state index contributed by atoms with van der Waals surface area (Å²) in [7, 11) is 1.47. The number of rotatable bonds is 2. The van der Waals surface area contributed by atoms with E-state index in [9.17, 15) is 34.8 Å². The molecule has 0 radical (unpaired) electrons. The predicted molar refractivity (Wildman–Crippen MR) is 221 cm³/mol.